The largest absolute Gasteiger partial charge is 0.462 e. The highest BCUT2D eigenvalue weighted by Crippen LogP contribution is 2.38. The van der Waals surface area contributed by atoms with Crippen molar-refractivity contribution in [2.45, 2.75) is 45.8 Å². The minimum absolute atomic E-state index is 0.0354. The van der Waals surface area contributed by atoms with Crippen LogP contribution in [0, 0.1) is 5.82 Å². The lowest BCUT2D eigenvalue weighted by Gasteiger charge is -2.16. The third-order valence-electron chi connectivity index (χ3n) is 6.83. The van der Waals surface area contributed by atoms with E-state index in [2.05, 4.69) is 19.7 Å². The predicted molar refractivity (Wildman–Crippen MR) is 156 cm³/mol. The Bertz CT molecular complexity index is 1550. The minimum atomic E-state index is -1.28. The van der Waals surface area contributed by atoms with Crippen LogP contribution in [0.5, 0.6) is 11.5 Å². The van der Waals surface area contributed by atoms with Gasteiger partial charge in [-0.25, -0.2) is 14.0 Å². The number of rotatable bonds is 10. The summed E-state index contributed by atoms with van der Waals surface area (Å²) in [4.78, 5) is 24.0. The second-order valence-corrected chi connectivity index (χ2v) is 10.4. The van der Waals surface area contributed by atoms with Gasteiger partial charge < -0.3 is 19.3 Å². The summed E-state index contributed by atoms with van der Waals surface area (Å²) in [5, 5.41) is 10.1. The van der Waals surface area contributed by atoms with Crippen LogP contribution in [0.2, 0.25) is 0 Å². The maximum atomic E-state index is 15.6. The molecular weight excluding hydrogens is 523 g/mol. The summed E-state index contributed by atoms with van der Waals surface area (Å²) < 4.78 is 31.9. The van der Waals surface area contributed by atoms with Crippen LogP contribution in [0.3, 0.4) is 0 Å². The van der Waals surface area contributed by atoms with Gasteiger partial charge >= 0.3 is 11.9 Å². The molecule has 0 bridgehead atoms. The van der Waals surface area contributed by atoms with Crippen molar-refractivity contribution in [1.29, 1.82) is 0 Å². The molecule has 0 radical (unpaired) electrons. The molecule has 0 heterocycles. The van der Waals surface area contributed by atoms with Crippen LogP contribution in [-0.4, -0.2) is 29.9 Å². The number of esters is 2. The van der Waals surface area contributed by atoms with Crippen molar-refractivity contribution >= 4 is 11.9 Å². The molecule has 0 saturated carbocycles. The van der Waals surface area contributed by atoms with Crippen LogP contribution >= 0.6 is 0 Å². The fraction of sp³-hybridized carbons (Fsp3) is 0.235. The number of hydrogen-bond acceptors (Lipinski definition) is 6. The fourth-order valence-corrected chi connectivity index (χ4v) is 4.55. The molecule has 7 heteroatoms. The predicted octanol–water partition coefficient (Wildman–Crippen LogP) is 7.06. The SMILES string of the molecule is C=C(C)C(=O)OCC1CCc2ccc(-c3ccc(-c4cc(OC(=O)C(=C)C)cc(OC(O)C(=C)C)c4)cc3F)cc21. The van der Waals surface area contributed by atoms with Gasteiger partial charge in [0.2, 0.25) is 6.29 Å². The molecule has 0 saturated heterocycles. The third kappa shape index (κ3) is 6.99. The first-order chi connectivity index (χ1) is 19.4. The van der Waals surface area contributed by atoms with E-state index in [4.69, 9.17) is 14.2 Å². The number of carbonyl (C=O) groups excluding carboxylic acids is 2. The average Bonchev–Trinajstić information content (AvgIpc) is 3.33. The lowest BCUT2D eigenvalue weighted by atomic mass is 9.95. The Hall–Kier alpha value is -4.49. The number of hydrogen-bond donors (Lipinski definition) is 1. The number of aryl methyl sites for hydroxylation is 1. The molecule has 1 N–H and O–H groups in total. The monoisotopic (exact) mass is 556 g/mol. The molecule has 0 aliphatic heterocycles. The highest BCUT2D eigenvalue weighted by atomic mass is 19.1. The van der Waals surface area contributed by atoms with Crippen LogP contribution < -0.4 is 9.47 Å². The summed E-state index contributed by atoms with van der Waals surface area (Å²) in [6.45, 7) is 15.9. The van der Waals surface area contributed by atoms with Crippen LogP contribution in [-0.2, 0) is 20.7 Å². The van der Waals surface area contributed by atoms with Gasteiger partial charge in [-0.2, -0.15) is 0 Å². The third-order valence-corrected chi connectivity index (χ3v) is 6.83. The van der Waals surface area contributed by atoms with Gasteiger partial charge in [0.05, 0.1) is 6.61 Å². The molecule has 0 amide bonds. The van der Waals surface area contributed by atoms with Gasteiger partial charge in [0.15, 0.2) is 0 Å². The van der Waals surface area contributed by atoms with E-state index in [9.17, 15) is 14.7 Å². The van der Waals surface area contributed by atoms with E-state index in [-0.39, 0.29) is 29.6 Å². The van der Waals surface area contributed by atoms with E-state index >= 15 is 4.39 Å². The van der Waals surface area contributed by atoms with Gasteiger partial charge in [-0.05, 0) is 85.2 Å². The summed E-state index contributed by atoms with van der Waals surface area (Å²) in [5.41, 5.74) is 5.31. The van der Waals surface area contributed by atoms with Gasteiger partial charge in [0.25, 0.3) is 0 Å². The van der Waals surface area contributed by atoms with Crippen molar-refractivity contribution in [3.05, 3.63) is 108 Å². The summed E-state index contributed by atoms with van der Waals surface area (Å²) in [5.74, 6) is -1.09. The first-order valence-corrected chi connectivity index (χ1v) is 13.2. The quantitative estimate of drug-likeness (QED) is 0.0946. The van der Waals surface area contributed by atoms with Crippen molar-refractivity contribution in [3.8, 4) is 33.8 Å². The number of fused-ring (bicyclic) bond motifs is 1. The summed E-state index contributed by atoms with van der Waals surface area (Å²) in [6, 6.07) is 15.3. The lowest BCUT2D eigenvalue weighted by Crippen LogP contribution is -2.16. The maximum absolute atomic E-state index is 15.6. The standard InChI is InChI=1S/C34H33FO6/c1-19(2)32(36)39-18-25-10-8-22-7-9-24(15-30(22)25)29-12-11-23(16-31(29)35)26-13-27(40-33(37)20(3)4)17-28(14-26)41-34(38)21(5)6/h7,9,11-17,25,33,37H,1,3,5,8,10,18H2,2,4,6H3. The van der Waals surface area contributed by atoms with Crippen LogP contribution in [0.4, 0.5) is 4.39 Å². The number of aliphatic hydroxyl groups excluding tert-OH is 1. The smallest absolute Gasteiger partial charge is 0.338 e. The summed E-state index contributed by atoms with van der Waals surface area (Å²) in [7, 11) is 0. The van der Waals surface area contributed by atoms with Crippen molar-refractivity contribution < 1.29 is 33.3 Å². The number of carbonyl (C=O) groups is 2. The highest BCUT2D eigenvalue weighted by Gasteiger charge is 2.25. The molecule has 1 aliphatic rings. The molecule has 4 rings (SSSR count). The number of aliphatic hydroxyl groups is 1. The second kappa shape index (κ2) is 12.4. The summed E-state index contributed by atoms with van der Waals surface area (Å²) in [6.07, 6.45) is 0.436. The molecule has 2 atom stereocenters. The van der Waals surface area contributed by atoms with E-state index in [1.807, 2.05) is 18.2 Å². The normalized spacial score (nSPS) is 14.5. The Labute approximate surface area is 239 Å². The topological polar surface area (TPSA) is 82.1 Å². The van der Waals surface area contributed by atoms with Crippen molar-refractivity contribution in [2.24, 2.45) is 0 Å². The molecule has 6 nitrogen and oxygen atoms in total. The van der Waals surface area contributed by atoms with Gasteiger partial charge in [0, 0.05) is 28.7 Å². The van der Waals surface area contributed by atoms with E-state index in [1.165, 1.54) is 19.1 Å². The van der Waals surface area contributed by atoms with Gasteiger partial charge in [-0.1, -0.05) is 50.1 Å². The van der Waals surface area contributed by atoms with Crippen LogP contribution in [0.15, 0.2) is 91.1 Å². The Kier molecular flexibility index (Phi) is 8.89. The van der Waals surface area contributed by atoms with Crippen molar-refractivity contribution in [3.63, 3.8) is 0 Å². The van der Waals surface area contributed by atoms with E-state index < -0.39 is 24.0 Å². The zero-order chi connectivity index (χ0) is 29.8. The average molecular weight is 557 g/mol. The van der Waals surface area contributed by atoms with E-state index in [0.717, 1.165) is 24.0 Å². The van der Waals surface area contributed by atoms with Gasteiger partial charge in [-0.15, -0.1) is 0 Å². The second-order valence-electron chi connectivity index (χ2n) is 10.4. The minimum Gasteiger partial charge on any atom is -0.462 e. The van der Waals surface area contributed by atoms with Crippen LogP contribution in [0.1, 0.15) is 44.2 Å². The fourth-order valence-electron chi connectivity index (χ4n) is 4.55. The van der Waals surface area contributed by atoms with Gasteiger partial charge in [-0.3, -0.25) is 0 Å². The molecule has 3 aromatic rings. The number of benzene rings is 3. The molecule has 0 spiro atoms. The van der Waals surface area contributed by atoms with Crippen molar-refractivity contribution in [2.75, 3.05) is 6.61 Å². The maximum Gasteiger partial charge on any atom is 0.338 e. The van der Waals surface area contributed by atoms with Gasteiger partial charge in [0.1, 0.15) is 17.3 Å². The molecule has 1 aliphatic carbocycles. The number of ether oxygens (including phenoxy) is 3. The molecule has 41 heavy (non-hydrogen) atoms. The zero-order valence-electron chi connectivity index (χ0n) is 23.5. The highest BCUT2D eigenvalue weighted by molar-refractivity contribution is 5.89. The molecule has 0 aromatic heterocycles. The lowest BCUT2D eigenvalue weighted by molar-refractivity contribution is -0.139. The van der Waals surface area contributed by atoms with E-state index in [1.54, 1.807) is 38.1 Å². The Morgan fingerprint density at radius 1 is 0.902 bits per heavy atom. The molecule has 0 fully saturated rings. The van der Waals surface area contributed by atoms with Crippen molar-refractivity contribution in [1.82, 2.24) is 0 Å². The van der Waals surface area contributed by atoms with Crippen LogP contribution in [0.25, 0.3) is 22.3 Å². The first-order valence-electron chi connectivity index (χ1n) is 13.2. The molecule has 3 aromatic carbocycles. The first kappa shape index (κ1) is 29.5. The zero-order valence-corrected chi connectivity index (χ0v) is 23.5. The Balaban J connectivity index is 1.64. The molecule has 212 valence electrons. The number of halogens is 1. The summed E-state index contributed by atoms with van der Waals surface area (Å²) >= 11 is 0. The molecular formula is C34H33FO6. The molecule has 2 unspecified atom stereocenters. The Morgan fingerprint density at radius 3 is 2.24 bits per heavy atom. The van der Waals surface area contributed by atoms with E-state index in [0.29, 0.717) is 33.4 Å². The Morgan fingerprint density at radius 2 is 1.59 bits per heavy atom.